The zero-order chi connectivity index (χ0) is 16.1. The smallest absolute Gasteiger partial charge is 0.272 e. The lowest BCUT2D eigenvalue weighted by Gasteiger charge is -2.25. The predicted molar refractivity (Wildman–Crippen MR) is 87.3 cm³/mol. The Balaban J connectivity index is 1.49. The molecule has 2 saturated carbocycles. The van der Waals surface area contributed by atoms with Gasteiger partial charge in [0.05, 0.1) is 11.8 Å². The summed E-state index contributed by atoms with van der Waals surface area (Å²) in [5.74, 6) is 1.34. The van der Waals surface area contributed by atoms with Crippen molar-refractivity contribution < 1.29 is 5.11 Å². The number of nitrogens with one attached hydrogen (secondary N) is 1. The summed E-state index contributed by atoms with van der Waals surface area (Å²) in [4.78, 5) is 19.1. The molecule has 2 unspecified atom stereocenters. The van der Waals surface area contributed by atoms with Crippen LogP contribution in [0.5, 0.6) is 0 Å². The molecule has 6 nitrogen and oxygen atoms in total. The topological polar surface area (TPSA) is 73.6 Å². The molecule has 0 saturated heterocycles. The monoisotopic (exact) mass is 316 g/mol. The van der Waals surface area contributed by atoms with Crippen LogP contribution in [0.3, 0.4) is 0 Å². The first-order valence-corrected chi connectivity index (χ1v) is 8.46. The molecule has 2 N–H and O–H groups in total. The van der Waals surface area contributed by atoms with E-state index >= 15 is 0 Å². The summed E-state index contributed by atoms with van der Waals surface area (Å²) in [6.45, 7) is 2.62. The number of H-pyrrole nitrogens is 1. The molecule has 4 rings (SSSR count). The Hall–Kier alpha value is -1.66. The van der Waals surface area contributed by atoms with Gasteiger partial charge in [0.1, 0.15) is 0 Å². The molecule has 0 amide bonds. The highest BCUT2D eigenvalue weighted by Crippen LogP contribution is 2.45. The first-order valence-electron chi connectivity index (χ1n) is 8.46. The van der Waals surface area contributed by atoms with Crippen LogP contribution >= 0.6 is 0 Å². The molecule has 0 aromatic carbocycles. The molecule has 0 spiro atoms. The molecule has 2 aromatic rings. The van der Waals surface area contributed by atoms with Gasteiger partial charge in [-0.05, 0) is 51.5 Å². The molecule has 6 heteroatoms. The maximum absolute atomic E-state index is 12.2. The van der Waals surface area contributed by atoms with Gasteiger partial charge in [-0.1, -0.05) is 0 Å². The molecule has 124 valence electrons. The molecule has 2 fully saturated rings. The summed E-state index contributed by atoms with van der Waals surface area (Å²) in [5, 5.41) is 12.8. The first kappa shape index (κ1) is 14.9. The molecular weight excluding hydrogens is 292 g/mol. The van der Waals surface area contributed by atoms with Gasteiger partial charge in [-0.15, -0.1) is 0 Å². The van der Waals surface area contributed by atoms with Crippen molar-refractivity contribution in [3.8, 4) is 0 Å². The largest absolute Gasteiger partial charge is 0.393 e. The molecule has 0 bridgehead atoms. The van der Waals surface area contributed by atoms with Crippen molar-refractivity contribution in [2.75, 3.05) is 7.05 Å². The minimum Gasteiger partial charge on any atom is -0.393 e. The Bertz CT molecular complexity index is 766. The lowest BCUT2D eigenvalue weighted by molar-refractivity contribution is 0.157. The fourth-order valence-electron chi connectivity index (χ4n) is 4.54. The molecular formula is C17H24N4O2. The van der Waals surface area contributed by atoms with E-state index < -0.39 is 0 Å². The number of nitrogens with zero attached hydrogens (tertiary/aromatic N) is 3. The van der Waals surface area contributed by atoms with Gasteiger partial charge in [0.15, 0.2) is 5.65 Å². The molecule has 2 heterocycles. The zero-order valence-corrected chi connectivity index (χ0v) is 13.7. The van der Waals surface area contributed by atoms with Crippen LogP contribution in [-0.2, 0) is 6.54 Å². The Morgan fingerprint density at radius 1 is 1.30 bits per heavy atom. The van der Waals surface area contributed by atoms with Crippen LogP contribution in [0.25, 0.3) is 5.65 Å². The van der Waals surface area contributed by atoms with Crippen LogP contribution < -0.4 is 5.56 Å². The van der Waals surface area contributed by atoms with E-state index in [0.717, 1.165) is 37.1 Å². The van der Waals surface area contributed by atoms with E-state index in [2.05, 4.69) is 22.0 Å². The van der Waals surface area contributed by atoms with E-state index in [1.165, 1.54) is 4.52 Å². The lowest BCUT2D eigenvalue weighted by atomic mass is 10.0. The highest BCUT2D eigenvalue weighted by Gasteiger charge is 2.42. The summed E-state index contributed by atoms with van der Waals surface area (Å²) in [6.07, 6.45) is 4.15. The van der Waals surface area contributed by atoms with Crippen LogP contribution in [-0.4, -0.2) is 43.8 Å². The molecule has 23 heavy (non-hydrogen) atoms. The molecule has 2 aliphatic rings. The zero-order valence-electron chi connectivity index (χ0n) is 13.7. The number of aromatic amines is 1. The van der Waals surface area contributed by atoms with E-state index in [9.17, 15) is 9.90 Å². The standard InChI is InChI=1S/C17H24N4O2/c1-10-3-16-18-13(8-17(23)21(16)19-10)9-20(2)14-4-11-6-15(22)7-12(11)5-14/h3,8,11-12,14-15,19,22H,4-7,9H2,1-2H3/t11-,12+,14?,15?. The maximum Gasteiger partial charge on any atom is 0.272 e. The Kier molecular flexibility index (Phi) is 3.54. The normalized spacial score (nSPS) is 30.4. The molecule has 2 aliphatic carbocycles. The maximum atomic E-state index is 12.2. The van der Waals surface area contributed by atoms with Crippen LogP contribution in [0.4, 0.5) is 0 Å². The van der Waals surface area contributed by atoms with Crippen LogP contribution in [0.15, 0.2) is 16.9 Å². The highest BCUT2D eigenvalue weighted by molar-refractivity contribution is 5.39. The Morgan fingerprint density at radius 3 is 2.70 bits per heavy atom. The van der Waals surface area contributed by atoms with Crippen LogP contribution in [0.2, 0.25) is 0 Å². The second-order valence-electron chi connectivity index (χ2n) is 7.40. The van der Waals surface area contributed by atoms with E-state index in [1.54, 1.807) is 6.07 Å². The van der Waals surface area contributed by atoms with Crippen molar-refractivity contribution in [2.45, 2.75) is 51.3 Å². The number of aryl methyl sites for hydroxylation is 1. The quantitative estimate of drug-likeness (QED) is 0.895. The molecule has 0 aliphatic heterocycles. The number of aliphatic hydroxyl groups excluding tert-OH is 1. The number of fused-ring (bicyclic) bond motifs is 2. The number of rotatable bonds is 3. The molecule has 0 radical (unpaired) electrons. The van der Waals surface area contributed by atoms with Crippen LogP contribution in [0.1, 0.15) is 37.1 Å². The number of aromatic nitrogens is 3. The van der Waals surface area contributed by atoms with Crippen molar-refractivity contribution in [2.24, 2.45) is 11.8 Å². The van der Waals surface area contributed by atoms with Gasteiger partial charge >= 0.3 is 0 Å². The fourth-order valence-corrected chi connectivity index (χ4v) is 4.54. The molecule has 2 aromatic heterocycles. The molecule has 4 atom stereocenters. The predicted octanol–water partition coefficient (Wildman–Crippen LogP) is 1.31. The Labute approximate surface area is 135 Å². The summed E-state index contributed by atoms with van der Waals surface area (Å²) in [5.41, 5.74) is 2.39. The third-order valence-electron chi connectivity index (χ3n) is 5.63. The van der Waals surface area contributed by atoms with E-state index in [-0.39, 0.29) is 11.7 Å². The third kappa shape index (κ3) is 2.70. The number of aliphatic hydroxyl groups is 1. The first-order chi connectivity index (χ1) is 11.0. The van der Waals surface area contributed by atoms with Gasteiger partial charge in [0.2, 0.25) is 0 Å². The fraction of sp³-hybridized carbons (Fsp3) is 0.647. The Morgan fingerprint density at radius 2 is 2.00 bits per heavy atom. The van der Waals surface area contributed by atoms with Crippen molar-refractivity contribution in [3.05, 3.63) is 33.9 Å². The van der Waals surface area contributed by atoms with Crippen molar-refractivity contribution >= 4 is 5.65 Å². The third-order valence-corrected chi connectivity index (χ3v) is 5.63. The van der Waals surface area contributed by atoms with Gasteiger partial charge in [-0.3, -0.25) is 14.8 Å². The highest BCUT2D eigenvalue weighted by atomic mass is 16.3. The SMILES string of the molecule is Cc1cc2nc(CN(C)C3C[C@H]4CC(O)C[C@H]4C3)cc(=O)n2[nH]1. The second-order valence-corrected chi connectivity index (χ2v) is 7.40. The summed E-state index contributed by atoms with van der Waals surface area (Å²) >= 11 is 0. The minimum absolute atomic E-state index is 0.0575. The summed E-state index contributed by atoms with van der Waals surface area (Å²) < 4.78 is 1.49. The number of hydrogen-bond donors (Lipinski definition) is 2. The van der Waals surface area contributed by atoms with Crippen molar-refractivity contribution in [3.63, 3.8) is 0 Å². The van der Waals surface area contributed by atoms with E-state index in [1.807, 2.05) is 13.0 Å². The van der Waals surface area contributed by atoms with Gasteiger partial charge in [0, 0.05) is 30.4 Å². The minimum atomic E-state index is -0.0859. The number of hydrogen-bond acceptors (Lipinski definition) is 4. The average Bonchev–Trinajstić information content (AvgIpc) is 3.10. The van der Waals surface area contributed by atoms with Gasteiger partial charge in [-0.25, -0.2) is 9.50 Å². The van der Waals surface area contributed by atoms with Gasteiger partial charge < -0.3 is 5.11 Å². The summed E-state index contributed by atoms with van der Waals surface area (Å²) in [6, 6.07) is 4.05. The van der Waals surface area contributed by atoms with E-state index in [4.69, 9.17) is 0 Å². The lowest BCUT2D eigenvalue weighted by Crippen LogP contribution is -2.31. The van der Waals surface area contributed by atoms with Gasteiger partial charge in [-0.2, -0.15) is 0 Å². The van der Waals surface area contributed by atoms with Gasteiger partial charge in [0.25, 0.3) is 5.56 Å². The van der Waals surface area contributed by atoms with E-state index in [0.29, 0.717) is 30.1 Å². The van der Waals surface area contributed by atoms with Crippen molar-refractivity contribution in [1.29, 1.82) is 0 Å². The summed E-state index contributed by atoms with van der Waals surface area (Å²) in [7, 11) is 2.12. The average molecular weight is 316 g/mol. The van der Waals surface area contributed by atoms with Crippen molar-refractivity contribution in [1.82, 2.24) is 19.5 Å². The van der Waals surface area contributed by atoms with Crippen LogP contribution in [0, 0.1) is 18.8 Å². The second kappa shape index (κ2) is 5.46.